The molecule has 0 atom stereocenters. The molecule has 0 aromatic carbocycles. The summed E-state index contributed by atoms with van der Waals surface area (Å²) in [6.45, 7) is 4.49. The molecule has 0 aliphatic carbocycles. The first-order valence-electron chi connectivity index (χ1n) is 4.40. The molecule has 0 radical (unpaired) electrons. The van der Waals surface area contributed by atoms with Crippen LogP contribution in [0.4, 0.5) is 0 Å². The van der Waals surface area contributed by atoms with E-state index in [0.29, 0.717) is 12.4 Å². The average Bonchev–Trinajstić information content (AvgIpc) is 2.04. The zero-order valence-electron chi connectivity index (χ0n) is 8.03. The minimum Gasteiger partial charge on any atom is -0.474 e. The van der Waals surface area contributed by atoms with Crippen molar-refractivity contribution < 1.29 is 4.74 Å². The van der Waals surface area contributed by atoms with Crippen LogP contribution < -0.4 is 10.5 Å². The molecule has 1 rings (SSSR count). The molecule has 72 valence electrons. The number of nitrogens with zero attached hydrogens (tertiary/aromatic N) is 2. The normalized spacial score (nSPS) is 10.5. The van der Waals surface area contributed by atoms with Crippen LogP contribution in [-0.2, 0) is 6.42 Å². The maximum Gasteiger partial charge on any atom is 0.232 e. The van der Waals surface area contributed by atoms with Gasteiger partial charge in [-0.3, -0.25) is 4.98 Å². The van der Waals surface area contributed by atoms with E-state index in [4.69, 9.17) is 10.5 Å². The standard InChI is InChI=1S/C9H15N3O/c1-7(2)13-9-6-11-5-8(12-9)3-4-10/h5-7H,3-4,10H2,1-2H3. The molecule has 1 heterocycles. The highest BCUT2D eigenvalue weighted by atomic mass is 16.5. The number of nitrogens with two attached hydrogens (primary N) is 1. The predicted octanol–water partition coefficient (Wildman–Crippen LogP) is 0.765. The molecule has 4 nitrogen and oxygen atoms in total. The van der Waals surface area contributed by atoms with Crippen LogP contribution in [-0.4, -0.2) is 22.6 Å². The number of hydrogen-bond donors (Lipinski definition) is 1. The summed E-state index contributed by atoms with van der Waals surface area (Å²) in [6.07, 6.45) is 4.19. The van der Waals surface area contributed by atoms with Gasteiger partial charge in [0.25, 0.3) is 0 Å². The van der Waals surface area contributed by atoms with Crippen LogP contribution in [0, 0.1) is 0 Å². The van der Waals surface area contributed by atoms with Crippen molar-refractivity contribution in [1.82, 2.24) is 9.97 Å². The molecule has 4 heteroatoms. The second-order valence-corrected chi connectivity index (χ2v) is 3.05. The van der Waals surface area contributed by atoms with E-state index < -0.39 is 0 Å². The minimum atomic E-state index is 0.127. The van der Waals surface area contributed by atoms with Gasteiger partial charge in [0.2, 0.25) is 5.88 Å². The lowest BCUT2D eigenvalue weighted by atomic mass is 10.3. The maximum absolute atomic E-state index is 5.40. The lowest BCUT2D eigenvalue weighted by Crippen LogP contribution is -2.09. The third-order valence-electron chi connectivity index (χ3n) is 1.42. The van der Waals surface area contributed by atoms with Crippen molar-refractivity contribution in [1.29, 1.82) is 0 Å². The molecular formula is C9H15N3O. The number of aromatic nitrogens is 2. The van der Waals surface area contributed by atoms with Gasteiger partial charge in [0.05, 0.1) is 18.0 Å². The second-order valence-electron chi connectivity index (χ2n) is 3.05. The van der Waals surface area contributed by atoms with Gasteiger partial charge in [0.15, 0.2) is 0 Å². The molecule has 0 aliphatic heterocycles. The van der Waals surface area contributed by atoms with Crippen LogP contribution in [0.5, 0.6) is 5.88 Å². The van der Waals surface area contributed by atoms with Crippen molar-refractivity contribution >= 4 is 0 Å². The van der Waals surface area contributed by atoms with E-state index in [1.54, 1.807) is 12.4 Å². The first-order valence-corrected chi connectivity index (χ1v) is 4.40. The highest BCUT2D eigenvalue weighted by Gasteiger charge is 2.00. The van der Waals surface area contributed by atoms with E-state index in [9.17, 15) is 0 Å². The first-order chi connectivity index (χ1) is 6.22. The van der Waals surface area contributed by atoms with Crippen molar-refractivity contribution in [3.05, 3.63) is 18.1 Å². The van der Waals surface area contributed by atoms with Gasteiger partial charge in [0.1, 0.15) is 0 Å². The van der Waals surface area contributed by atoms with Crippen LogP contribution in [0.15, 0.2) is 12.4 Å². The summed E-state index contributed by atoms with van der Waals surface area (Å²) in [6, 6.07) is 0. The van der Waals surface area contributed by atoms with Gasteiger partial charge in [0, 0.05) is 12.6 Å². The molecule has 0 spiro atoms. The fourth-order valence-corrected chi connectivity index (χ4v) is 0.953. The Morgan fingerprint density at radius 2 is 2.23 bits per heavy atom. The van der Waals surface area contributed by atoms with Gasteiger partial charge in [-0.15, -0.1) is 0 Å². The summed E-state index contributed by atoms with van der Waals surface area (Å²) in [5.41, 5.74) is 6.28. The minimum absolute atomic E-state index is 0.127. The lowest BCUT2D eigenvalue weighted by Gasteiger charge is -2.08. The quantitative estimate of drug-likeness (QED) is 0.745. The summed E-state index contributed by atoms with van der Waals surface area (Å²) in [5, 5.41) is 0. The summed E-state index contributed by atoms with van der Waals surface area (Å²) < 4.78 is 5.39. The monoisotopic (exact) mass is 181 g/mol. The Balaban J connectivity index is 2.67. The molecule has 13 heavy (non-hydrogen) atoms. The number of rotatable bonds is 4. The Bertz CT molecular complexity index is 263. The summed E-state index contributed by atoms with van der Waals surface area (Å²) >= 11 is 0. The summed E-state index contributed by atoms with van der Waals surface area (Å²) in [4.78, 5) is 8.25. The second kappa shape index (κ2) is 4.77. The predicted molar refractivity (Wildman–Crippen MR) is 50.6 cm³/mol. The largest absolute Gasteiger partial charge is 0.474 e. The van der Waals surface area contributed by atoms with Gasteiger partial charge in [-0.05, 0) is 20.4 Å². The van der Waals surface area contributed by atoms with Gasteiger partial charge in [-0.1, -0.05) is 0 Å². The Morgan fingerprint density at radius 1 is 1.46 bits per heavy atom. The van der Waals surface area contributed by atoms with E-state index >= 15 is 0 Å². The Kier molecular flexibility index (Phi) is 3.64. The van der Waals surface area contributed by atoms with E-state index in [-0.39, 0.29) is 6.10 Å². The first kappa shape index (κ1) is 9.92. The SMILES string of the molecule is CC(C)Oc1cncc(CCN)n1. The van der Waals surface area contributed by atoms with Crippen molar-refractivity contribution in [3.8, 4) is 5.88 Å². The van der Waals surface area contributed by atoms with E-state index in [1.165, 1.54) is 0 Å². The highest BCUT2D eigenvalue weighted by Crippen LogP contribution is 2.07. The molecule has 0 unspecified atom stereocenters. The highest BCUT2D eigenvalue weighted by molar-refractivity contribution is 5.08. The average molecular weight is 181 g/mol. The zero-order chi connectivity index (χ0) is 9.68. The Morgan fingerprint density at radius 3 is 2.85 bits per heavy atom. The molecule has 0 fully saturated rings. The number of hydrogen-bond acceptors (Lipinski definition) is 4. The van der Waals surface area contributed by atoms with Crippen molar-refractivity contribution in [2.24, 2.45) is 5.73 Å². The lowest BCUT2D eigenvalue weighted by molar-refractivity contribution is 0.231. The van der Waals surface area contributed by atoms with E-state index in [2.05, 4.69) is 9.97 Å². The van der Waals surface area contributed by atoms with Crippen molar-refractivity contribution in [2.75, 3.05) is 6.54 Å². The molecule has 1 aromatic heterocycles. The van der Waals surface area contributed by atoms with Gasteiger partial charge >= 0.3 is 0 Å². The smallest absolute Gasteiger partial charge is 0.232 e. The van der Waals surface area contributed by atoms with Crippen LogP contribution in [0.2, 0.25) is 0 Å². The van der Waals surface area contributed by atoms with Crippen molar-refractivity contribution in [3.63, 3.8) is 0 Å². The molecule has 0 bridgehead atoms. The Hall–Kier alpha value is -1.16. The van der Waals surface area contributed by atoms with Crippen molar-refractivity contribution in [2.45, 2.75) is 26.4 Å². The van der Waals surface area contributed by atoms with Crippen LogP contribution >= 0.6 is 0 Å². The Labute approximate surface area is 78.1 Å². The van der Waals surface area contributed by atoms with Crippen LogP contribution in [0.1, 0.15) is 19.5 Å². The fraction of sp³-hybridized carbons (Fsp3) is 0.556. The third-order valence-corrected chi connectivity index (χ3v) is 1.42. The van der Waals surface area contributed by atoms with Gasteiger partial charge in [-0.2, -0.15) is 0 Å². The molecule has 0 aliphatic rings. The molecule has 0 saturated heterocycles. The fourth-order valence-electron chi connectivity index (χ4n) is 0.953. The van der Waals surface area contributed by atoms with Crippen LogP contribution in [0.25, 0.3) is 0 Å². The molecule has 0 saturated carbocycles. The molecular weight excluding hydrogens is 166 g/mol. The molecule has 1 aromatic rings. The van der Waals surface area contributed by atoms with E-state index in [1.807, 2.05) is 13.8 Å². The van der Waals surface area contributed by atoms with Crippen LogP contribution in [0.3, 0.4) is 0 Å². The summed E-state index contributed by atoms with van der Waals surface area (Å²) in [5.74, 6) is 0.570. The summed E-state index contributed by atoms with van der Waals surface area (Å²) in [7, 11) is 0. The van der Waals surface area contributed by atoms with Gasteiger partial charge in [-0.25, -0.2) is 4.98 Å². The maximum atomic E-state index is 5.40. The zero-order valence-corrected chi connectivity index (χ0v) is 8.03. The van der Waals surface area contributed by atoms with Gasteiger partial charge < -0.3 is 10.5 Å². The number of ether oxygens (including phenoxy) is 1. The van der Waals surface area contributed by atoms with E-state index in [0.717, 1.165) is 12.1 Å². The molecule has 2 N–H and O–H groups in total. The third kappa shape index (κ3) is 3.38. The molecule has 0 amide bonds. The topological polar surface area (TPSA) is 61.0 Å².